The molecule has 9 rings (SSSR count). The van der Waals surface area contributed by atoms with Gasteiger partial charge in [0.1, 0.15) is 17.1 Å². The highest BCUT2D eigenvalue weighted by Crippen LogP contribution is 2.38. The molecular formula is C61H75N21O12. The highest BCUT2D eigenvalue weighted by molar-refractivity contribution is 6.07. The maximum Gasteiger partial charge on any atom is 0.292 e. The summed E-state index contributed by atoms with van der Waals surface area (Å²) >= 11 is 0. The molecule has 33 heteroatoms. The van der Waals surface area contributed by atoms with E-state index in [2.05, 4.69) is 67.8 Å². The zero-order valence-corrected chi connectivity index (χ0v) is 53.5. The van der Waals surface area contributed by atoms with Crippen LogP contribution < -0.4 is 57.3 Å². The number of aromatic nitrogens is 9. The van der Waals surface area contributed by atoms with Gasteiger partial charge >= 0.3 is 0 Å². The molecule has 9 N–H and O–H groups in total. The van der Waals surface area contributed by atoms with Crippen LogP contribution in [0.4, 0.5) is 40.2 Å². The van der Waals surface area contributed by atoms with Gasteiger partial charge in [0.25, 0.3) is 41.4 Å². The van der Waals surface area contributed by atoms with Gasteiger partial charge in [0.05, 0.1) is 48.1 Å². The first kappa shape index (κ1) is 67.0. The third-order valence-electron chi connectivity index (χ3n) is 15.1. The minimum absolute atomic E-state index is 0.0264. The number of amides is 10. The van der Waals surface area contributed by atoms with E-state index in [9.17, 15) is 47.9 Å². The second-order valence-corrected chi connectivity index (χ2v) is 22.7. The van der Waals surface area contributed by atoms with Crippen LogP contribution in [0.5, 0.6) is 11.5 Å². The van der Waals surface area contributed by atoms with Gasteiger partial charge in [-0.2, -0.15) is 0 Å². The molecule has 6 aromatic heterocycles. The van der Waals surface area contributed by atoms with Crippen molar-refractivity contribution in [3.63, 3.8) is 0 Å². The van der Waals surface area contributed by atoms with E-state index in [1.165, 1.54) is 62.3 Å². The number of benzene rings is 1. The second kappa shape index (κ2) is 29.7. The van der Waals surface area contributed by atoms with E-state index in [0.717, 1.165) is 25.8 Å². The maximum absolute atomic E-state index is 13.4. The molecule has 2 aliphatic rings. The molecule has 496 valence electrons. The monoisotopic (exact) mass is 1290 g/mol. The summed E-state index contributed by atoms with van der Waals surface area (Å²) in [6, 6.07) is 7.77. The Morgan fingerprint density at radius 2 is 1.00 bits per heavy atom. The largest absolute Gasteiger partial charge is 0.493 e. The number of imidazole rings is 3. The Morgan fingerprint density at radius 3 is 1.56 bits per heavy atom. The predicted molar refractivity (Wildman–Crippen MR) is 345 cm³/mol. The van der Waals surface area contributed by atoms with Gasteiger partial charge in [-0.1, -0.05) is 0 Å². The molecule has 0 aliphatic carbocycles. The van der Waals surface area contributed by atoms with E-state index < -0.39 is 41.4 Å². The molecule has 1 atom stereocenters. The van der Waals surface area contributed by atoms with E-state index in [0.29, 0.717) is 59.3 Å². The number of aliphatic imine (C=N–C) groups is 1. The molecular weight excluding hydrogens is 1220 g/mol. The van der Waals surface area contributed by atoms with Crippen LogP contribution in [0.15, 0.2) is 72.5 Å². The number of nitrogens with one attached hydrogen (secondary N) is 9. The van der Waals surface area contributed by atoms with Crippen LogP contribution in [0.2, 0.25) is 0 Å². The van der Waals surface area contributed by atoms with Crippen LogP contribution in [-0.2, 0) is 56.7 Å². The van der Waals surface area contributed by atoms with Crippen molar-refractivity contribution in [1.29, 1.82) is 0 Å². The van der Waals surface area contributed by atoms with Crippen LogP contribution in [0.1, 0.15) is 119 Å². The third kappa shape index (κ3) is 16.6. The van der Waals surface area contributed by atoms with Crippen LogP contribution in [0.25, 0.3) is 0 Å². The Labute approximate surface area is 539 Å². The molecule has 1 saturated heterocycles. The minimum atomic E-state index is -0.677. The first-order valence-electron chi connectivity index (χ1n) is 30.0. The molecule has 1 aromatic carbocycles. The topological polar surface area (TPSA) is 385 Å². The maximum atomic E-state index is 13.4. The molecule has 0 spiro atoms. The number of nitrogens with zero attached hydrogens (tertiary/aromatic N) is 12. The Morgan fingerprint density at radius 1 is 0.521 bits per heavy atom. The number of fused-ring (bicyclic) bond motifs is 2. The van der Waals surface area contributed by atoms with E-state index in [1.54, 1.807) is 88.2 Å². The van der Waals surface area contributed by atoms with Crippen molar-refractivity contribution in [2.75, 3.05) is 92.4 Å². The number of carbonyl (C=O) groups is 10. The summed E-state index contributed by atoms with van der Waals surface area (Å²) in [6.07, 6.45) is 13.4. The summed E-state index contributed by atoms with van der Waals surface area (Å²) < 4.78 is 20.3. The third-order valence-corrected chi connectivity index (χ3v) is 15.1. The number of hydrogen-bond acceptors (Lipinski definition) is 17. The van der Waals surface area contributed by atoms with Crippen molar-refractivity contribution in [3.8, 4) is 11.5 Å². The van der Waals surface area contributed by atoms with Crippen molar-refractivity contribution < 1.29 is 57.4 Å². The van der Waals surface area contributed by atoms with Crippen LogP contribution in [0, 0.1) is 0 Å². The standard InChI is InChI=1S/C61H75N21O12/c1-75(2)20-12-17-62-55(86)41-24-36(30-76(41)3)67-57(88)43-23-35(29-78(43)5)66-50(84)15-18-63-56(87)42-25-37(31-77(42)4)68-59(90)53-71-47(33-80(53)7)70-51(85)16-19-64-58(89)52-73-48(34-79(52)6)74-60(91)54-72-46(32-81(54)8)69-49(83)14-11-22-94-45-27-40-39(26-44(45)93-9)61(92)82-21-10-13-38(82)28-65-40/h23-34,38H,10-22H2,1-9H3,(H,62,86)(H,63,87)(H,64,89)(H,66,84)(H,67,88)(H,68,90)(H,69,83)(H,70,85)(H,74,91)/t38-/m0/s1. The lowest BCUT2D eigenvalue weighted by Crippen LogP contribution is -2.35. The van der Waals surface area contributed by atoms with Gasteiger partial charge in [0, 0.05) is 137 Å². The first-order chi connectivity index (χ1) is 44.9. The van der Waals surface area contributed by atoms with Crippen molar-refractivity contribution in [2.24, 2.45) is 47.3 Å². The average Bonchev–Trinajstić information content (AvgIpc) is 1.56. The lowest BCUT2D eigenvalue weighted by Gasteiger charge is -2.20. The predicted octanol–water partition coefficient (Wildman–Crippen LogP) is 2.99. The second-order valence-electron chi connectivity index (χ2n) is 22.7. The quantitative estimate of drug-likeness (QED) is 0.0318. The molecule has 94 heavy (non-hydrogen) atoms. The van der Waals surface area contributed by atoms with E-state index in [4.69, 9.17) is 9.47 Å². The molecule has 2 aliphatic heterocycles. The SMILES string of the molecule is COc1cc2c(cc1OCCCC(=O)Nc1cn(C)c(C(=O)Nc3cn(C)c(C(=O)NCCC(=O)Nc4cn(C)c(C(=O)Nc5cc(C(=O)NCCC(=O)Nc6cc(C(=O)Nc7cc(C(=O)NCCCN(C)C)n(C)c7)n(C)c6)n(C)c5)n4)n3)n1)N=C[C@@H]1CCCN1C2=O. The normalized spacial score (nSPS) is 13.1. The lowest BCUT2D eigenvalue weighted by atomic mass is 10.1. The lowest BCUT2D eigenvalue weighted by molar-refractivity contribution is -0.117. The molecule has 1 fully saturated rings. The van der Waals surface area contributed by atoms with Crippen LogP contribution >= 0.6 is 0 Å². The van der Waals surface area contributed by atoms with Gasteiger partial charge in [0.2, 0.25) is 35.2 Å². The van der Waals surface area contributed by atoms with Crippen molar-refractivity contribution in [2.45, 2.75) is 51.0 Å². The summed E-state index contributed by atoms with van der Waals surface area (Å²) in [7, 11) is 15.0. The molecule has 0 unspecified atom stereocenters. The molecule has 0 saturated carbocycles. The van der Waals surface area contributed by atoms with Gasteiger partial charge in [-0.15, -0.1) is 0 Å². The van der Waals surface area contributed by atoms with Crippen molar-refractivity contribution >= 4 is 105 Å². The van der Waals surface area contributed by atoms with E-state index in [-0.39, 0.29) is 115 Å². The Bertz CT molecular complexity index is 4100. The van der Waals surface area contributed by atoms with Gasteiger partial charge in [-0.25, -0.2) is 15.0 Å². The number of methoxy groups -OCH3 is 1. The first-order valence-corrected chi connectivity index (χ1v) is 30.0. The smallest absolute Gasteiger partial charge is 0.292 e. The van der Waals surface area contributed by atoms with Gasteiger partial charge in [-0.05, 0) is 70.6 Å². The number of rotatable bonds is 28. The van der Waals surface area contributed by atoms with Gasteiger partial charge in [0.15, 0.2) is 29.0 Å². The highest BCUT2D eigenvalue weighted by Gasteiger charge is 2.33. The Hall–Kier alpha value is -11.4. The number of hydrogen-bond donors (Lipinski definition) is 9. The van der Waals surface area contributed by atoms with Crippen LogP contribution in [0.3, 0.4) is 0 Å². The summed E-state index contributed by atoms with van der Waals surface area (Å²) in [5.41, 5.74) is 2.74. The van der Waals surface area contributed by atoms with Crippen molar-refractivity contribution in [3.05, 3.63) is 108 Å². The van der Waals surface area contributed by atoms with Crippen LogP contribution in [-0.4, -0.2) is 184 Å². The number of ether oxygens (including phenoxy) is 2. The summed E-state index contributed by atoms with van der Waals surface area (Å²) in [5.74, 6) is -3.94. The van der Waals surface area contributed by atoms with Gasteiger partial charge < -0.3 is 94.5 Å². The number of carbonyl (C=O) groups excluding carboxylic acids is 10. The number of anilines is 6. The molecule has 8 heterocycles. The molecule has 10 amide bonds. The fourth-order valence-electron chi connectivity index (χ4n) is 10.4. The fourth-order valence-corrected chi connectivity index (χ4v) is 10.4. The van der Waals surface area contributed by atoms with Gasteiger partial charge in [-0.3, -0.25) is 52.9 Å². The minimum Gasteiger partial charge on any atom is -0.493 e. The summed E-state index contributed by atoms with van der Waals surface area (Å²) in [6.45, 7) is 1.98. The molecule has 7 aromatic rings. The highest BCUT2D eigenvalue weighted by atomic mass is 16.5. The zero-order chi connectivity index (χ0) is 67.5. The zero-order valence-electron chi connectivity index (χ0n) is 53.5. The molecule has 0 radical (unpaired) electrons. The van der Waals surface area contributed by atoms with E-state index in [1.807, 2.05) is 23.9 Å². The molecule has 0 bridgehead atoms. The van der Waals surface area contributed by atoms with Crippen molar-refractivity contribution in [1.82, 2.24) is 68.1 Å². The summed E-state index contributed by atoms with van der Waals surface area (Å²) in [4.78, 5) is 152. The summed E-state index contributed by atoms with van der Waals surface area (Å²) in [5, 5.41) is 24.3. The average molecular weight is 1290 g/mol. The number of aryl methyl sites for hydroxylation is 6. The Balaban J connectivity index is 0.662. The molecule has 33 nitrogen and oxygen atoms in total. The van der Waals surface area contributed by atoms with E-state index >= 15 is 0 Å². The fraction of sp³-hybridized carbons (Fsp3) is 0.377. The Kier molecular flexibility index (Phi) is 21.2.